The fourth-order valence-corrected chi connectivity index (χ4v) is 11.8. The Morgan fingerprint density at radius 2 is 0.540 bits per heavy atom. The van der Waals surface area contributed by atoms with E-state index in [-0.39, 0.29) is 25.7 Å². The Labute approximate surface area is 607 Å². The van der Waals surface area contributed by atoms with Crippen LogP contribution in [0.4, 0.5) is 0 Å². The van der Waals surface area contributed by atoms with Crippen LogP contribution in [0.1, 0.15) is 323 Å². The van der Waals surface area contributed by atoms with E-state index in [1.165, 1.54) is 83.5 Å². The molecule has 0 aliphatic carbocycles. The van der Waals surface area contributed by atoms with Crippen LogP contribution in [0.25, 0.3) is 0 Å². The second-order valence-corrected chi connectivity index (χ2v) is 28.8. The van der Waals surface area contributed by atoms with Crippen molar-refractivity contribution in [2.45, 2.75) is 341 Å². The third kappa shape index (κ3) is 72.1. The highest BCUT2D eigenvalue weighted by molar-refractivity contribution is 7.47. The Morgan fingerprint density at radius 3 is 0.900 bits per heavy atom. The molecule has 0 aromatic rings. The molecule has 100 heavy (non-hydrogen) atoms. The first kappa shape index (κ1) is 95.7. The lowest BCUT2D eigenvalue weighted by Gasteiger charge is -2.21. The number of allylic oxidation sites excluding steroid dienone is 18. The first-order valence-electron chi connectivity index (χ1n) is 39.1. The molecule has 0 aliphatic heterocycles. The highest BCUT2D eigenvalue weighted by atomic mass is 31.2. The summed E-state index contributed by atoms with van der Waals surface area (Å²) in [5, 5.41) is 10.6. The Kier molecular flexibility index (Phi) is 69.9. The van der Waals surface area contributed by atoms with Gasteiger partial charge in [0.2, 0.25) is 0 Å². The molecule has 0 bridgehead atoms. The predicted octanol–water partition coefficient (Wildman–Crippen LogP) is 22.6. The summed E-state index contributed by atoms with van der Waals surface area (Å²) in [5.74, 6) is -2.25. The average molecular weight is 1450 g/mol. The SMILES string of the molecule is CC/C=C\C/C=C\C/C=C\C/C=C\C/C=C\CCCC(=O)OCC(COP(=O)(O)OCC(O)COP(=O)(O)OCC(COC(=O)CCCCCCCC/C=C\C/C=C\C/C=C\CCCCC)OC(=O)CCCCCCC/C=C\CCCC)OC(=O)CCCCCCCCCCCCCCC. The van der Waals surface area contributed by atoms with Gasteiger partial charge >= 0.3 is 39.5 Å². The number of hydrogen-bond acceptors (Lipinski definition) is 15. The van der Waals surface area contributed by atoms with Gasteiger partial charge in [-0.2, -0.15) is 0 Å². The highest BCUT2D eigenvalue weighted by Crippen LogP contribution is 2.45. The summed E-state index contributed by atoms with van der Waals surface area (Å²) in [6.07, 6.45) is 78.0. The number of esters is 4. The predicted molar refractivity (Wildman–Crippen MR) is 408 cm³/mol. The van der Waals surface area contributed by atoms with E-state index in [9.17, 15) is 43.2 Å². The number of carbonyl (C=O) groups excluding carboxylic acids is 4. The molecule has 0 spiro atoms. The molecule has 0 aromatic carbocycles. The lowest BCUT2D eigenvalue weighted by atomic mass is 10.0. The molecule has 576 valence electrons. The van der Waals surface area contributed by atoms with Gasteiger partial charge in [-0.15, -0.1) is 0 Å². The smallest absolute Gasteiger partial charge is 0.462 e. The van der Waals surface area contributed by atoms with Crippen LogP contribution in [0, 0.1) is 0 Å². The maximum Gasteiger partial charge on any atom is 0.472 e. The van der Waals surface area contributed by atoms with Crippen molar-refractivity contribution in [1.82, 2.24) is 0 Å². The van der Waals surface area contributed by atoms with Crippen LogP contribution < -0.4 is 0 Å². The van der Waals surface area contributed by atoms with Crippen LogP contribution in [0.5, 0.6) is 0 Å². The zero-order valence-corrected chi connectivity index (χ0v) is 64.6. The number of phosphoric acid groups is 2. The van der Waals surface area contributed by atoms with E-state index in [0.717, 1.165) is 154 Å². The average Bonchev–Trinajstić information content (AvgIpc) is 0.939. The third-order valence-corrected chi connectivity index (χ3v) is 18.1. The van der Waals surface area contributed by atoms with Gasteiger partial charge in [-0.25, -0.2) is 9.13 Å². The van der Waals surface area contributed by atoms with Gasteiger partial charge in [0.15, 0.2) is 12.2 Å². The van der Waals surface area contributed by atoms with Crippen LogP contribution in [0.3, 0.4) is 0 Å². The molecule has 5 atom stereocenters. The van der Waals surface area contributed by atoms with E-state index in [1.807, 2.05) is 12.2 Å². The molecule has 0 amide bonds. The van der Waals surface area contributed by atoms with Gasteiger partial charge < -0.3 is 33.8 Å². The third-order valence-electron chi connectivity index (χ3n) is 16.2. The van der Waals surface area contributed by atoms with Crippen molar-refractivity contribution in [2.24, 2.45) is 0 Å². The normalized spacial score (nSPS) is 14.5. The topological polar surface area (TPSA) is 237 Å². The molecule has 0 saturated heterocycles. The molecule has 0 fully saturated rings. The fraction of sp³-hybridized carbons (Fsp3) is 0.728. The molecule has 0 rings (SSSR count). The monoisotopic (exact) mass is 1450 g/mol. The Morgan fingerprint density at radius 1 is 0.290 bits per heavy atom. The van der Waals surface area contributed by atoms with E-state index in [4.69, 9.17) is 37.0 Å². The van der Waals surface area contributed by atoms with Crippen molar-refractivity contribution in [3.8, 4) is 0 Å². The number of aliphatic hydroxyl groups excluding tert-OH is 1. The maximum absolute atomic E-state index is 13.1. The lowest BCUT2D eigenvalue weighted by molar-refractivity contribution is -0.161. The van der Waals surface area contributed by atoms with Gasteiger partial charge in [-0.1, -0.05) is 285 Å². The highest BCUT2D eigenvalue weighted by Gasteiger charge is 2.30. The lowest BCUT2D eigenvalue weighted by Crippen LogP contribution is -2.30. The Balaban J connectivity index is 5.35. The van der Waals surface area contributed by atoms with Crippen LogP contribution in [-0.4, -0.2) is 96.7 Å². The molecule has 0 aromatic heterocycles. The minimum Gasteiger partial charge on any atom is -0.462 e. The van der Waals surface area contributed by atoms with Crippen molar-refractivity contribution in [3.63, 3.8) is 0 Å². The van der Waals surface area contributed by atoms with Gasteiger partial charge in [0, 0.05) is 25.7 Å². The molecule has 17 nitrogen and oxygen atoms in total. The van der Waals surface area contributed by atoms with Crippen LogP contribution in [0.15, 0.2) is 109 Å². The van der Waals surface area contributed by atoms with Crippen LogP contribution >= 0.6 is 15.6 Å². The summed E-state index contributed by atoms with van der Waals surface area (Å²) in [7, 11) is -9.97. The van der Waals surface area contributed by atoms with Gasteiger partial charge in [0.25, 0.3) is 0 Å². The second-order valence-electron chi connectivity index (χ2n) is 25.9. The van der Waals surface area contributed by atoms with Crippen molar-refractivity contribution in [1.29, 1.82) is 0 Å². The van der Waals surface area contributed by atoms with E-state index >= 15 is 0 Å². The summed E-state index contributed by atoms with van der Waals surface area (Å²) in [4.78, 5) is 72.8. The van der Waals surface area contributed by atoms with E-state index in [2.05, 4.69) is 125 Å². The molecule has 0 heterocycles. The molecule has 0 aliphatic rings. The van der Waals surface area contributed by atoms with Gasteiger partial charge in [0.05, 0.1) is 26.4 Å². The zero-order valence-electron chi connectivity index (χ0n) is 62.8. The number of hydrogen-bond donors (Lipinski definition) is 3. The van der Waals surface area contributed by atoms with Gasteiger partial charge in [-0.05, 0) is 122 Å². The van der Waals surface area contributed by atoms with Crippen molar-refractivity contribution in [2.75, 3.05) is 39.6 Å². The van der Waals surface area contributed by atoms with Crippen LogP contribution in [-0.2, 0) is 65.4 Å². The summed E-state index contributed by atoms with van der Waals surface area (Å²) in [6.45, 7) is 4.62. The molecule has 19 heteroatoms. The second kappa shape index (κ2) is 73.0. The van der Waals surface area contributed by atoms with Crippen LogP contribution in [0.2, 0.25) is 0 Å². The number of phosphoric ester groups is 2. The van der Waals surface area contributed by atoms with Gasteiger partial charge in [0.1, 0.15) is 19.3 Å². The number of aliphatic hydroxyl groups is 1. The number of carbonyl (C=O) groups is 4. The summed E-state index contributed by atoms with van der Waals surface area (Å²) in [5.41, 5.74) is 0. The van der Waals surface area contributed by atoms with Crippen molar-refractivity contribution < 1.29 is 80.2 Å². The first-order valence-corrected chi connectivity index (χ1v) is 42.1. The van der Waals surface area contributed by atoms with E-state index in [1.54, 1.807) is 0 Å². The first-order chi connectivity index (χ1) is 48.7. The number of rotatable bonds is 73. The zero-order chi connectivity index (χ0) is 73.2. The molecule has 0 radical (unpaired) electrons. The standard InChI is InChI=1S/C81H140O17P2/c1-5-9-13-17-21-25-29-32-34-36-37-39-41-44-47-50-54-58-62-66-78(83)91-71-76(97-80(85)67-63-59-55-51-45-28-24-20-16-12-8-4)73-95-99(87,88)93-69-75(82)70-94-100(89,90)96-74-77(98-81(86)68-64-60-56-52-48-42-31-27-23-19-15-11-7-3)72-92-79(84)65-61-57-53-49-46-43-40-38-35-33-30-26-22-18-14-10-6-2/h10,14,20-22,24-26,32-35,37,39-40,43,49,53,75-77,82H,5-9,11-13,15-19,23,27-31,36,38,41-42,44-48,50-52,54-74H2,1-4H3,(H,87,88)(H,89,90)/b14-10-,24-20-,25-21-,26-22-,34-32-,35-33-,39-37-,43-40-,53-49-. The Bertz CT molecular complexity index is 2320. The van der Waals surface area contributed by atoms with Crippen molar-refractivity contribution >= 4 is 39.5 Å². The molecule has 3 N–H and O–H groups in total. The summed E-state index contributed by atoms with van der Waals surface area (Å²) < 4.78 is 68.4. The maximum atomic E-state index is 13.1. The minimum atomic E-state index is -4.98. The minimum absolute atomic E-state index is 0.0799. The summed E-state index contributed by atoms with van der Waals surface area (Å²) >= 11 is 0. The summed E-state index contributed by atoms with van der Waals surface area (Å²) in [6, 6.07) is 0. The van der Waals surface area contributed by atoms with E-state index < -0.39 is 97.5 Å². The molecular weight excluding hydrogens is 1310 g/mol. The van der Waals surface area contributed by atoms with Gasteiger partial charge in [-0.3, -0.25) is 37.3 Å². The number of ether oxygens (including phenoxy) is 4. The largest absolute Gasteiger partial charge is 0.472 e. The fourth-order valence-electron chi connectivity index (χ4n) is 10.2. The molecule has 0 saturated carbocycles. The van der Waals surface area contributed by atoms with Crippen molar-refractivity contribution in [3.05, 3.63) is 109 Å². The molecule has 5 unspecified atom stereocenters. The molecular formula is C81H140O17P2. The quantitative estimate of drug-likeness (QED) is 0.0169. The number of unbranched alkanes of at least 4 members (excludes halogenated alkanes) is 29. The Hall–Kier alpha value is -4.28. The van der Waals surface area contributed by atoms with E-state index in [0.29, 0.717) is 32.1 Å².